The van der Waals surface area contributed by atoms with Crippen molar-refractivity contribution in [2.75, 3.05) is 0 Å². The molecule has 0 aliphatic rings. The van der Waals surface area contributed by atoms with Crippen molar-refractivity contribution in [1.29, 1.82) is 0 Å². The molecule has 1 atom stereocenters. The first-order valence-electron chi connectivity index (χ1n) is 6.14. The Labute approximate surface area is 121 Å². The summed E-state index contributed by atoms with van der Waals surface area (Å²) < 4.78 is 28.0. The Morgan fingerprint density at radius 1 is 1.20 bits per heavy atom. The Kier molecular flexibility index (Phi) is 4.50. The molecule has 2 aromatic carbocycles. The fraction of sp³-hybridized carbons (Fsp3) is 0.188. The summed E-state index contributed by atoms with van der Waals surface area (Å²) in [6.45, 7) is 1.49. The number of Topliss-reactive ketones (excluding diaryl/α,β-unsaturated/α-hetero) is 1. The lowest BCUT2D eigenvalue weighted by atomic mass is 10.00. The molecular weight excluding hydrogens is 282 g/mol. The number of halogens is 3. The third kappa shape index (κ3) is 3.42. The van der Waals surface area contributed by atoms with Gasteiger partial charge in [0, 0.05) is 17.0 Å². The van der Waals surface area contributed by atoms with E-state index in [2.05, 4.69) is 0 Å². The van der Waals surface area contributed by atoms with E-state index >= 15 is 0 Å². The maximum atomic E-state index is 14.3. The van der Waals surface area contributed by atoms with Crippen molar-refractivity contribution >= 4 is 17.4 Å². The third-order valence-corrected chi connectivity index (χ3v) is 3.20. The summed E-state index contributed by atoms with van der Waals surface area (Å²) >= 11 is 5.64. The first kappa shape index (κ1) is 14.7. The highest BCUT2D eigenvalue weighted by Gasteiger charge is 2.17. The quantitative estimate of drug-likeness (QED) is 0.801. The van der Waals surface area contributed by atoms with Crippen LogP contribution in [0.1, 0.15) is 29.8 Å². The van der Waals surface area contributed by atoms with Crippen LogP contribution in [0, 0.1) is 5.82 Å². The molecule has 104 valence electrons. The van der Waals surface area contributed by atoms with E-state index < -0.39 is 12.0 Å². The molecule has 20 heavy (non-hydrogen) atoms. The fourth-order valence-electron chi connectivity index (χ4n) is 1.98. The van der Waals surface area contributed by atoms with Crippen molar-refractivity contribution in [3.63, 3.8) is 0 Å². The monoisotopic (exact) mass is 294 g/mol. The average molecular weight is 295 g/mol. The predicted molar refractivity (Wildman–Crippen MR) is 75.2 cm³/mol. The van der Waals surface area contributed by atoms with Crippen molar-refractivity contribution in [2.45, 2.75) is 19.5 Å². The van der Waals surface area contributed by atoms with Crippen LogP contribution in [0.4, 0.5) is 8.78 Å². The molecule has 2 aromatic rings. The number of carbonyl (C=O) groups excluding carboxylic acids is 1. The van der Waals surface area contributed by atoms with Crippen molar-refractivity contribution in [3.05, 3.63) is 70.0 Å². The van der Waals surface area contributed by atoms with Crippen LogP contribution in [0.15, 0.2) is 42.5 Å². The van der Waals surface area contributed by atoms with E-state index in [0.717, 1.165) is 11.6 Å². The minimum Gasteiger partial charge on any atom is -0.300 e. The molecule has 0 radical (unpaired) electrons. The van der Waals surface area contributed by atoms with Gasteiger partial charge in [-0.15, -0.1) is 0 Å². The summed E-state index contributed by atoms with van der Waals surface area (Å²) in [5, 5.41) is 0.232. The van der Waals surface area contributed by atoms with Crippen molar-refractivity contribution in [3.8, 4) is 0 Å². The summed E-state index contributed by atoms with van der Waals surface area (Å²) in [7, 11) is 0. The van der Waals surface area contributed by atoms with E-state index in [1.165, 1.54) is 19.1 Å². The summed E-state index contributed by atoms with van der Waals surface area (Å²) in [5.41, 5.74) is 1.11. The molecule has 0 bridgehead atoms. The van der Waals surface area contributed by atoms with Gasteiger partial charge in [-0.05, 0) is 30.2 Å². The fourth-order valence-corrected chi connectivity index (χ4v) is 2.14. The Balaban J connectivity index is 2.24. The van der Waals surface area contributed by atoms with Crippen LogP contribution in [-0.4, -0.2) is 5.78 Å². The van der Waals surface area contributed by atoms with Crippen LogP contribution >= 0.6 is 11.6 Å². The molecule has 0 spiro atoms. The van der Waals surface area contributed by atoms with E-state index in [0.29, 0.717) is 12.0 Å². The number of hydrogen-bond donors (Lipinski definition) is 0. The molecule has 0 saturated carbocycles. The Morgan fingerprint density at radius 2 is 1.85 bits per heavy atom. The predicted octanol–water partition coefficient (Wildman–Crippen LogP) is 4.67. The van der Waals surface area contributed by atoms with Gasteiger partial charge in [-0.1, -0.05) is 41.9 Å². The van der Waals surface area contributed by atoms with Gasteiger partial charge in [-0.2, -0.15) is 0 Å². The number of carbonyl (C=O) groups is 1. The lowest BCUT2D eigenvalue weighted by molar-refractivity contribution is -0.116. The van der Waals surface area contributed by atoms with Crippen LogP contribution in [0.25, 0.3) is 0 Å². The number of hydrogen-bond acceptors (Lipinski definition) is 1. The lowest BCUT2D eigenvalue weighted by Crippen LogP contribution is -2.00. The molecule has 0 aliphatic carbocycles. The van der Waals surface area contributed by atoms with Crippen molar-refractivity contribution < 1.29 is 13.6 Å². The van der Waals surface area contributed by atoms with Crippen LogP contribution in [-0.2, 0) is 11.2 Å². The van der Waals surface area contributed by atoms with E-state index in [-0.39, 0.29) is 16.4 Å². The molecule has 4 heteroatoms. The normalized spacial score (nSPS) is 12.2. The van der Waals surface area contributed by atoms with Crippen LogP contribution in [0.5, 0.6) is 0 Å². The zero-order valence-corrected chi connectivity index (χ0v) is 11.6. The Hall–Kier alpha value is -1.74. The summed E-state index contributed by atoms with van der Waals surface area (Å²) in [5.74, 6) is -0.629. The second kappa shape index (κ2) is 6.14. The molecule has 0 amide bonds. The van der Waals surface area contributed by atoms with Crippen LogP contribution in [0.3, 0.4) is 0 Å². The van der Waals surface area contributed by atoms with Gasteiger partial charge in [0.1, 0.15) is 11.6 Å². The molecule has 1 unspecified atom stereocenters. The topological polar surface area (TPSA) is 17.1 Å². The van der Waals surface area contributed by atoms with Gasteiger partial charge in [0.05, 0.1) is 0 Å². The van der Waals surface area contributed by atoms with Gasteiger partial charge in [-0.25, -0.2) is 8.78 Å². The van der Waals surface area contributed by atoms with Crippen LogP contribution < -0.4 is 0 Å². The van der Waals surface area contributed by atoms with Gasteiger partial charge < -0.3 is 0 Å². The smallest absolute Gasteiger partial charge is 0.153 e. The van der Waals surface area contributed by atoms with E-state index in [9.17, 15) is 13.6 Å². The summed E-state index contributed by atoms with van der Waals surface area (Å²) in [4.78, 5) is 11.0. The highest BCUT2D eigenvalue weighted by molar-refractivity contribution is 6.30. The second-order valence-electron chi connectivity index (χ2n) is 4.65. The summed E-state index contributed by atoms with van der Waals surface area (Å²) in [6, 6.07) is 10.4. The molecule has 1 nitrogen and oxygen atoms in total. The number of ketones is 1. The Morgan fingerprint density at radius 3 is 2.40 bits per heavy atom. The zero-order valence-electron chi connectivity index (χ0n) is 10.9. The van der Waals surface area contributed by atoms with E-state index in [1.807, 2.05) is 0 Å². The molecule has 0 heterocycles. The lowest BCUT2D eigenvalue weighted by Gasteiger charge is -2.11. The molecule has 0 N–H and O–H groups in total. The van der Waals surface area contributed by atoms with E-state index in [4.69, 9.17) is 11.6 Å². The number of benzene rings is 2. The Bertz CT molecular complexity index is 623. The van der Waals surface area contributed by atoms with Gasteiger partial charge in [-0.3, -0.25) is 4.79 Å². The van der Waals surface area contributed by atoms with Gasteiger partial charge >= 0.3 is 0 Å². The maximum absolute atomic E-state index is 14.3. The minimum absolute atomic E-state index is 0.0401. The van der Waals surface area contributed by atoms with Gasteiger partial charge in [0.25, 0.3) is 0 Å². The molecule has 0 aliphatic heterocycles. The first-order valence-corrected chi connectivity index (χ1v) is 6.52. The molecular formula is C16H13ClF2O. The number of rotatable bonds is 4. The third-order valence-electron chi connectivity index (χ3n) is 2.96. The average Bonchev–Trinajstić information content (AvgIpc) is 2.38. The van der Waals surface area contributed by atoms with Crippen molar-refractivity contribution in [2.24, 2.45) is 0 Å². The highest BCUT2D eigenvalue weighted by Crippen LogP contribution is 2.29. The number of alkyl halides is 1. The highest BCUT2D eigenvalue weighted by atomic mass is 35.5. The molecule has 0 fully saturated rings. The standard InChI is InChI=1S/C16H13ClF2O/c1-10(20)8-11-2-4-12(5-3-11)16(19)14-7-6-13(17)9-15(14)18/h2-7,9,16H,8H2,1H3. The maximum Gasteiger partial charge on any atom is 0.153 e. The van der Waals surface area contributed by atoms with Crippen LogP contribution in [0.2, 0.25) is 5.02 Å². The molecule has 2 rings (SSSR count). The zero-order chi connectivity index (χ0) is 14.7. The molecule has 0 aromatic heterocycles. The summed E-state index contributed by atoms with van der Waals surface area (Å²) in [6.07, 6.45) is -1.24. The van der Waals surface area contributed by atoms with Gasteiger partial charge in [0.15, 0.2) is 6.17 Å². The van der Waals surface area contributed by atoms with E-state index in [1.54, 1.807) is 24.3 Å². The SMILES string of the molecule is CC(=O)Cc1ccc(C(F)c2ccc(Cl)cc2F)cc1. The van der Waals surface area contributed by atoms with Gasteiger partial charge in [0.2, 0.25) is 0 Å². The first-order chi connectivity index (χ1) is 9.47. The largest absolute Gasteiger partial charge is 0.300 e. The van der Waals surface area contributed by atoms with Crippen molar-refractivity contribution in [1.82, 2.24) is 0 Å². The minimum atomic E-state index is -1.56. The second-order valence-corrected chi connectivity index (χ2v) is 5.09. The molecule has 0 saturated heterocycles.